The molecule has 2 N–H and O–H groups in total. The zero-order chi connectivity index (χ0) is 22.9. The van der Waals surface area contributed by atoms with Gasteiger partial charge in [0.25, 0.3) is 0 Å². The molecule has 32 heavy (non-hydrogen) atoms. The van der Waals surface area contributed by atoms with Crippen molar-refractivity contribution in [2.75, 3.05) is 16.3 Å². The Bertz CT molecular complexity index is 1400. The Morgan fingerprint density at radius 3 is 2.72 bits per heavy atom. The summed E-state index contributed by atoms with van der Waals surface area (Å²) in [7, 11) is -2.43. The summed E-state index contributed by atoms with van der Waals surface area (Å²) in [6, 6.07) is 9.57. The summed E-state index contributed by atoms with van der Waals surface area (Å²) in [6.07, 6.45) is 2.94. The van der Waals surface area contributed by atoms with Crippen molar-refractivity contribution in [2.45, 2.75) is 20.5 Å². The average molecular weight is 456 g/mol. The summed E-state index contributed by atoms with van der Waals surface area (Å²) in [5, 5.41) is 7.87. The third-order valence-corrected chi connectivity index (χ3v) is 5.19. The number of fused-ring (bicyclic) bond motifs is 1. The van der Waals surface area contributed by atoms with Crippen LogP contribution in [0.3, 0.4) is 0 Å². The minimum absolute atomic E-state index is 0.120. The lowest BCUT2D eigenvalue weighted by molar-refractivity contribution is 0.288. The van der Waals surface area contributed by atoms with E-state index in [1.807, 2.05) is 13.0 Å². The Balaban J connectivity index is 1.67. The van der Waals surface area contributed by atoms with E-state index in [-0.39, 0.29) is 6.61 Å². The summed E-state index contributed by atoms with van der Waals surface area (Å²) in [4.78, 5) is 8.70. The van der Waals surface area contributed by atoms with Crippen molar-refractivity contribution in [1.82, 2.24) is 15.1 Å². The fourth-order valence-corrected chi connectivity index (χ4v) is 3.90. The van der Waals surface area contributed by atoms with Gasteiger partial charge in [0.05, 0.1) is 11.2 Å². The second kappa shape index (κ2) is 8.46. The van der Waals surface area contributed by atoms with Crippen LogP contribution >= 0.6 is 0 Å². The molecule has 1 unspecified atom stereocenters. The Morgan fingerprint density at radius 1 is 1.19 bits per heavy atom. The summed E-state index contributed by atoms with van der Waals surface area (Å²) < 4.78 is 39.7. The highest BCUT2D eigenvalue weighted by atomic mass is 32.2. The molecule has 2 heterocycles. The van der Waals surface area contributed by atoms with Crippen molar-refractivity contribution >= 4 is 43.7 Å². The standard InChI is InChI=1S/C22H22FN5O3S/c1-13-7-16(28-32(3,4)29)10-19-21(13)22(25-12-24-19)26-18-6-5-15(23)9-20(18)30-11-17-8-14(2)31-27-17/h5-10,12H,3,11H2,1-2,4H3,(H,28,29)(H,24,25,26). The number of anilines is 3. The number of benzene rings is 2. The van der Waals surface area contributed by atoms with Gasteiger partial charge < -0.3 is 19.3 Å². The normalized spacial score (nSPS) is 13.0. The molecule has 0 amide bonds. The number of hydrogen-bond acceptors (Lipinski definition) is 7. The van der Waals surface area contributed by atoms with E-state index in [0.29, 0.717) is 39.9 Å². The maximum Gasteiger partial charge on any atom is 0.146 e. The van der Waals surface area contributed by atoms with Gasteiger partial charge in [-0.1, -0.05) is 5.16 Å². The van der Waals surface area contributed by atoms with E-state index in [1.165, 1.54) is 24.7 Å². The molecule has 4 rings (SSSR count). The molecule has 8 nitrogen and oxygen atoms in total. The fraction of sp³-hybridized carbons (Fsp3) is 0.182. The van der Waals surface area contributed by atoms with Gasteiger partial charge in [-0.15, -0.1) is 0 Å². The summed E-state index contributed by atoms with van der Waals surface area (Å²) >= 11 is 0. The molecule has 1 atom stereocenters. The molecule has 0 spiro atoms. The van der Waals surface area contributed by atoms with Crippen LogP contribution in [0.1, 0.15) is 17.0 Å². The number of hydrogen-bond donors (Lipinski definition) is 2. The van der Waals surface area contributed by atoms with E-state index in [4.69, 9.17) is 9.26 Å². The van der Waals surface area contributed by atoms with Gasteiger partial charge in [0.15, 0.2) is 0 Å². The van der Waals surface area contributed by atoms with Crippen molar-refractivity contribution < 1.29 is 17.9 Å². The molecule has 0 saturated heterocycles. The lowest BCUT2D eigenvalue weighted by Gasteiger charge is -2.15. The van der Waals surface area contributed by atoms with E-state index in [0.717, 1.165) is 10.9 Å². The van der Waals surface area contributed by atoms with Gasteiger partial charge in [-0.2, -0.15) is 0 Å². The van der Waals surface area contributed by atoms with Gasteiger partial charge in [-0.25, -0.2) is 18.6 Å². The lowest BCUT2D eigenvalue weighted by Crippen LogP contribution is -2.09. The molecule has 0 aliphatic carbocycles. The third-order valence-electron chi connectivity index (χ3n) is 4.52. The number of aromatic nitrogens is 3. The molecule has 0 bridgehead atoms. The van der Waals surface area contributed by atoms with Crippen molar-refractivity contribution in [2.24, 2.45) is 0 Å². The summed E-state index contributed by atoms with van der Waals surface area (Å²) in [5.41, 5.74) is 3.29. The number of ether oxygens (including phenoxy) is 1. The van der Waals surface area contributed by atoms with Gasteiger partial charge in [-0.05, 0) is 49.5 Å². The fourth-order valence-electron chi connectivity index (χ4n) is 3.28. The molecule has 2 aromatic heterocycles. The van der Waals surface area contributed by atoms with Crippen LogP contribution in [0.25, 0.3) is 10.9 Å². The van der Waals surface area contributed by atoms with Crippen molar-refractivity contribution in [1.29, 1.82) is 0 Å². The smallest absolute Gasteiger partial charge is 0.146 e. The Labute approximate surface area is 185 Å². The highest BCUT2D eigenvalue weighted by molar-refractivity contribution is 8.00. The van der Waals surface area contributed by atoms with E-state index in [1.54, 1.807) is 25.1 Å². The van der Waals surface area contributed by atoms with Gasteiger partial charge in [-0.3, -0.25) is 0 Å². The van der Waals surface area contributed by atoms with Crippen LogP contribution in [0.4, 0.5) is 21.6 Å². The molecule has 0 fully saturated rings. The molecule has 4 aromatic rings. The first-order chi connectivity index (χ1) is 15.2. The number of rotatable bonds is 7. The summed E-state index contributed by atoms with van der Waals surface area (Å²) in [6.45, 7) is 3.80. The van der Waals surface area contributed by atoms with Crippen LogP contribution in [0.5, 0.6) is 5.75 Å². The van der Waals surface area contributed by atoms with E-state index < -0.39 is 15.5 Å². The summed E-state index contributed by atoms with van der Waals surface area (Å²) in [5.74, 6) is 4.68. The molecule has 0 aliphatic rings. The third kappa shape index (κ3) is 4.97. The van der Waals surface area contributed by atoms with Crippen LogP contribution in [-0.4, -0.2) is 31.5 Å². The van der Waals surface area contributed by atoms with Crippen molar-refractivity contribution in [3.63, 3.8) is 0 Å². The monoisotopic (exact) mass is 455 g/mol. The molecule has 0 saturated carbocycles. The van der Waals surface area contributed by atoms with Gasteiger partial charge in [0, 0.05) is 39.2 Å². The first-order valence-electron chi connectivity index (χ1n) is 9.65. The number of nitrogens with zero attached hydrogens (tertiary/aromatic N) is 3. The van der Waals surface area contributed by atoms with Crippen LogP contribution in [-0.2, 0) is 16.3 Å². The maximum absolute atomic E-state index is 13.9. The molecule has 10 heteroatoms. The topological polar surface area (TPSA) is 102 Å². The molecule has 2 aromatic carbocycles. The maximum atomic E-state index is 13.9. The van der Waals surface area contributed by atoms with Gasteiger partial charge in [0.1, 0.15) is 41.8 Å². The Hall–Kier alpha value is -3.66. The molecule has 166 valence electrons. The Kier molecular flexibility index (Phi) is 5.70. The van der Waals surface area contributed by atoms with Crippen LogP contribution in [0.15, 0.2) is 47.2 Å². The minimum atomic E-state index is -2.43. The van der Waals surface area contributed by atoms with Gasteiger partial charge >= 0.3 is 0 Å². The molecular weight excluding hydrogens is 433 g/mol. The van der Waals surface area contributed by atoms with Crippen LogP contribution in [0, 0.1) is 19.7 Å². The number of halogens is 1. The molecular formula is C22H22FN5O3S. The zero-order valence-electron chi connectivity index (χ0n) is 17.8. The predicted molar refractivity (Wildman–Crippen MR) is 124 cm³/mol. The Morgan fingerprint density at radius 2 is 2.00 bits per heavy atom. The first kappa shape index (κ1) is 21.6. The van der Waals surface area contributed by atoms with E-state index in [9.17, 15) is 8.60 Å². The zero-order valence-corrected chi connectivity index (χ0v) is 18.6. The van der Waals surface area contributed by atoms with E-state index in [2.05, 4.69) is 31.0 Å². The largest absolute Gasteiger partial charge is 0.485 e. The van der Waals surface area contributed by atoms with Gasteiger partial charge in [0.2, 0.25) is 0 Å². The molecule has 0 aliphatic heterocycles. The highest BCUT2D eigenvalue weighted by Crippen LogP contribution is 2.33. The average Bonchev–Trinajstić information content (AvgIpc) is 3.12. The quantitative estimate of drug-likeness (QED) is 0.399. The minimum Gasteiger partial charge on any atom is -0.485 e. The number of nitrogens with one attached hydrogen (secondary N) is 2. The lowest BCUT2D eigenvalue weighted by atomic mass is 10.1. The SMILES string of the molecule is C=S(C)(=O)Nc1cc(C)c2c(Nc3ccc(F)cc3OCc3cc(C)on3)ncnc2c1. The van der Waals surface area contributed by atoms with Crippen molar-refractivity contribution in [3.05, 3.63) is 65.6 Å². The number of aryl methyl sites for hydroxylation is 2. The second-order valence-corrected chi connectivity index (χ2v) is 9.71. The van der Waals surface area contributed by atoms with Crippen molar-refractivity contribution in [3.8, 4) is 5.75 Å². The molecule has 0 radical (unpaired) electrons. The first-order valence-corrected chi connectivity index (χ1v) is 11.8. The van der Waals surface area contributed by atoms with Crippen LogP contribution in [0.2, 0.25) is 0 Å². The van der Waals surface area contributed by atoms with E-state index >= 15 is 0 Å². The highest BCUT2D eigenvalue weighted by Gasteiger charge is 2.13. The second-order valence-electron chi connectivity index (χ2n) is 7.50. The predicted octanol–water partition coefficient (Wildman–Crippen LogP) is 4.37. The van der Waals surface area contributed by atoms with Crippen LogP contribution < -0.4 is 14.8 Å².